The van der Waals surface area contributed by atoms with Gasteiger partial charge in [-0.05, 0) is 135 Å². The Kier molecular flexibility index (Phi) is 9.08. The molecule has 4 heteroatoms. The second-order valence-corrected chi connectivity index (χ2v) is 13.7. The van der Waals surface area contributed by atoms with Crippen LogP contribution < -0.4 is 5.73 Å². The van der Waals surface area contributed by atoms with Crippen LogP contribution in [0.2, 0.25) is 0 Å². The molecule has 0 aromatic heterocycles. The van der Waals surface area contributed by atoms with Gasteiger partial charge < -0.3 is 10.3 Å². The fourth-order valence-corrected chi connectivity index (χ4v) is 9.46. The van der Waals surface area contributed by atoms with Gasteiger partial charge in [0.1, 0.15) is 0 Å². The predicted molar refractivity (Wildman–Crippen MR) is 137 cm³/mol. The van der Waals surface area contributed by atoms with Crippen LogP contribution in [0.3, 0.4) is 0 Å². The number of hydrogen-bond donors (Lipinski definition) is 2. The Balaban J connectivity index is 0.000000913. The lowest BCUT2D eigenvalue weighted by molar-refractivity contribution is -0.111. The normalized spacial score (nSPS) is 41.0. The van der Waals surface area contributed by atoms with Crippen LogP contribution in [-0.4, -0.2) is 16.7 Å². The molecule has 7 unspecified atom stereocenters. The first-order chi connectivity index (χ1) is 15.2. The van der Waals surface area contributed by atoms with E-state index in [0.29, 0.717) is 16.2 Å². The van der Waals surface area contributed by atoms with E-state index in [4.69, 9.17) is 9.35 Å². The first kappa shape index (κ1) is 26.4. The van der Waals surface area contributed by atoms with Crippen molar-refractivity contribution in [2.75, 3.05) is 5.75 Å². The third-order valence-electron chi connectivity index (χ3n) is 11.0. The maximum atomic E-state index is 9.03. The standard InChI is InChI=1S/C27H48OS.CH3NO/c1-25(2,15-7-19-29-28)17-13-21-10-12-23-22-11-9-20-8-5-6-16-26(20,3)24(22)14-18-27(21,23)4;2-1-3/h20-24,28H,5-19H2,1-4H3;1H,(H2,2,3). The van der Waals surface area contributed by atoms with E-state index < -0.39 is 0 Å². The van der Waals surface area contributed by atoms with E-state index in [0.717, 1.165) is 53.8 Å². The molecule has 4 fully saturated rings. The van der Waals surface area contributed by atoms with Gasteiger partial charge in [0, 0.05) is 5.75 Å². The van der Waals surface area contributed by atoms with Gasteiger partial charge in [0.15, 0.2) is 0 Å². The molecule has 1 amide bonds. The van der Waals surface area contributed by atoms with Crippen LogP contribution >= 0.6 is 12.0 Å². The first-order valence-corrected chi connectivity index (χ1v) is 14.6. The van der Waals surface area contributed by atoms with Gasteiger partial charge in [-0.15, -0.1) is 0 Å². The van der Waals surface area contributed by atoms with Crippen molar-refractivity contribution in [2.24, 2.45) is 51.6 Å². The zero-order valence-electron chi connectivity index (χ0n) is 21.4. The molecule has 0 saturated heterocycles. The average molecular weight is 466 g/mol. The molecule has 4 saturated carbocycles. The molecule has 4 rings (SSSR count). The summed E-state index contributed by atoms with van der Waals surface area (Å²) in [4.78, 5) is 8.58. The summed E-state index contributed by atoms with van der Waals surface area (Å²) in [5.41, 5.74) is 5.93. The second-order valence-electron chi connectivity index (χ2n) is 13.0. The van der Waals surface area contributed by atoms with E-state index in [-0.39, 0.29) is 6.41 Å². The van der Waals surface area contributed by atoms with Crippen molar-refractivity contribution in [3.05, 3.63) is 0 Å². The molecule has 186 valence electrons. The van der Waals surface area contributed by atoms with E-state index in [2.05, 4.69) is 33.4 Å². The third-order valence-corrected chi connectivity index (χ3v) is 11.5. The van der Waals surface area contributed by atoms with Crippen molar-refractivity contribution in [1.29, 1.82) is 0 Å². The van der Waals surface area contributed by atoms with Crippen molar-refractivity contribution in [2.45, 2.75) is 118 Å². The molecule has 0 aromatic rings. The Bertz CT molecular complexity index is 610. The third kappa shape index (κ3) is 5.37. The van der Waals surface area contributed by atoms with Crippen LogP contribution in [0.1, 0.15) is 118 Å². The van der Waals surface area contributed by atoms with E-state index in [1.54, 1.807) is 12.8 Å². The van der Waals surface area contributed by atoms with Crippen molar-refractivity contribution in [1.82, 2.24) is 0 Å². The van der Waals surface area contributed by atoms with Gasteiger partial charge in [0.25, 0.3) is 0 Å². The fraction of sp³-hybridized carbons (Fsp3) is 0.964. The number of primary amides is 1. The number of hydrogen-bond acceptors (Lipinski definition) is 3. The molecular formula is C28H51NO2S. The van der Waals surface area contributed by atoms with Crippen LogP contribution in [0.25, 0.3) is 0 Å². The fourth-order valence-electron chi connectivity index (χ4n) is 9.18. The van der Waals surface area contributed by atoms with Crippen molar-refractivity contribution < 1.29 is 9.35 Å². The minimum atomic E-state index is 0.250. The van der Waals surface area contributed by atoms with Gasteiger partial charge >= 0.3 is 0 Å². The Morgan fingerprint density at radius 1 is 0.969 bits per heavy atom. The van der Waals surface area contributed by atoms with E-state index >= 15 is 0 Å². The molecule has 4 aliphatic carbocycles. The summed E-state index contributed by atoms with van der Waals surface area (Å²) in [7, 11) is 0. The van der Waals surface area contributed by atoms with E-state index in [1.165, 1.54) is 70.6 Å². The number of carbonyl (C=O) groups is 1. The number of rotatable bonds is 7. The molecule has 7 atom stereocenters. The zero-order chi connectivity index (χ0) is 23.4. The quantitative estimate of drug-likeness (QED) is 0.228. The summed E-state index contributed by atoms with van der Waals surface area (Å²) in [5.74, 6) is 6.04. The molecule has 3 N–H and O–H groups in total. The molecule has 0 aliphatic heterocycles. The second kappa shape index (κ2) is 11.0. The molecule has 3 nitrogen and oxygen atoms in total. The van der Waals surface area contributed by atoms with Crippen LogP contribution in [0.15, 0.2) is 0 Å². The van der Waals surface area contributed by atoms with Gasteiger partial charge in [0.05, 0.1) is 0 Å². The summed E-state index contributed by atoms with van der Waals surface area (Å²) >= 11 is 1.02. The molecule has 0 bridgehead atoms. The monoisotopic (exact) mass is 465 g/mol. The highest BCUT2D eigenvalue weighted by Gasteiger charge is 2.59. The van der Waals surface area contributed by atoms with E-state index in [1.807, 2.05) is 0 Å². The summed E-state index contributed by atoms with van der Waals surface area (Å²) in [5, 5.41) is 0. The molecule has 0 spiro atoms. The predicted octanol–water partition coefficient (Wildman–Crippen LogP) is 7.93. The number of carbonyl (C=O) groups excluding carboxylic acids is 1. The van der Waals surface area contributed by atoms with Crippen LogP contribution in [0, 0.1) is 45.8 Å². The lowest BCUT2D eigenvalue weighted by Crippen LogP contribution is -2.52. The molecule has 0 heterocycles. The topological polar surface area (TPSA) is 63.3 Å². The molecular weight excluding hydrogens is 414 g/mol. The van der Waals surface area contributed by atoms with E-state index in [9.17, 15) is 0 Å². The minimum Gasteiger partial charge on any atom is -0.372 e. The van der Waals surface area contributed by atoms with Crippen molar-refractivity contribution in [3.63, 3.8) is 0 Å². The summed E-state index contributed by atoms with van der Waals surface area (Å²) < 4.78 is 9.03. The zero-order valence-corrected chi connectivity index (χ0v) is 22.2. The molecule has 0 aromatic carbocycles. The van der Waals surface area contributed by atoms with Gasteiger partial charge in [-0.25, -0.2) is 0 Å². The van der Waals surface area contributed by atoms with Crippen LogP contribution in [0.5, 0.6) is 0 Å². The summed E-state index contributed by atoms with van der Waals surface area (Å²) in [6, 6.07) is 0. The Hall–Kier alpha value is -0.220. The summed E-state index contributed by atoms with van der Waals surface area (Å²) in [6.45, 7) is 10.4. The van der Waals surface area contributed by atoms with Crippen LogP contribution in [0.4, 0.5) is 0 Å². The maximum Gasteiger partial charge on any atom is 0.204 e. The van der Waals surface area contributed by atoms with Gasteiger partial charge in [-0.2, -0.15) is 0 Å². The Morgan fingerprint density at radius 2 is 1.69 bits per heavy atom. The highest BCUT2D eigenvalue weighted by molar-refractivity contribution is 7.93. The van der Waals surface area contributed by atoms with Crippen molar-refractivity contribution in [3.8, 4) is 0 Å². The smallest absolute Gasteiger partial charge is 0.204 e. The SMILES string of the molecule is CC(C)(CCCSO)CCC1CCC2C3CCC4CCCCC4(C)C3CCC12C.NC=O. The lowest BCUT2D eigenvalue weighted by Gasteiger charge is -2.60. The lowest BCUT2D eigenvalue weighted by atomic mass is 9.45. The van der Waals surface area contributed by atoms with Crippen LogP contribution in [-0.2, 0) is 4.79 Å². The minimum absolute atomic E-state index is 0.250. The highest BCUT2D eigenvalue weighted by atomic mass is 32.2. The van der Waals surface area contributed by atoms with Gasteiger partial charge in [-0.1, -0.05) is 40.5 Å². The van der Waals surface area contributed by atoms with Gasteiger partial charge in [0.2, 0.25) is 6.41 Å². The highest BCUT2D eigenvalue weighted by Crippen LogP contribution is 2.68. The largest absolute Gasteiger partial charge is 0.372 e. The Labute approximate surface area is 202 Å². The van der Waals surface area contributed by atoms with Gasteiger partial charge in [-0.3, -0.25) is 4.79 Å². The number of amides is 1. The average Bonchev–Trinajstić information content (AvgIpc) is 3.09. The maximum absolute atomic E-state index is 9.03. The molecule has 4 aliphatic rings. The number of nitrogens with two attached hydrogens (primary N) is 1. The molecule has 0 radical (unpaired) electrons. The number of fused-ring (bicyclic) bond motifs is 5. The first-order valence-electron chi connectivity index (χ1n) is 13.6. The Morgan fingerprint density at radius 3 is 2.41 bits per heavy atom. The van der Waals surface area contributed by atoms with Crippen molar-refractivity contribution >= 4 is 18.5 Å². The summed E-state index contributed by atoms with van der Waals surface area (Å²) in [6.07, 6.45) is 20.8. The molecule has 32 heavy (non-hydrogen) atoms.